The van der Waals surface area contributed by atoms with E-state index in [0.717, 1.165) is 12.8 Å². The van der Waals surface area contributed by atoms with Crippen molar-refractivity contribution in [2.24, 2.45) is 0 Å². The van der Waals surface area contributed by atoms with Gasteiger partial charge in [-0.25, -0.2) is 0 Å². The number of hydrogen-bond acceptors (Lipinski definition) is 3. The van der Waals surface area contributed by atoms with Crippen LogP contribution in [0.3, 0.4) is 0 Å². The van der Waals surface area contributed by atoms with E-state index in [1.54, 1.807) is 0 Å². The van der Waals surface area contributed by atoms with Crippen molar-refractivity contribution in [1.29, 1.82) is 0 Å². The molecule has 0 fully saturated rings. The number of hydrogen-bond donors (Lipinski definition) is 0. The Morgan fingerprint density at radius 3 is 2.24 bits per heavy atom. The molecule has 1 atom stereocenters. The number of methoxy groups -OCH3 is 1. The molecule has 0 radical (unpaired) electrons. The standard InChI is InChI=1S/C13H28O3Si/c1-11(9-8-10-12(14)15-5)16-17(6,7)13(2,3)4/h11H,8-10H2,1-7H3/t11-/m1/s1. The van der Waals surface area contributed by atoms with Gasteiger partial charge in [-0.2, -0.15) is 0 Å². The topological polar surface area (TPSA) is 35.5 Å². The molecular weight excluding hydrogens is 232 g/mol. The zero-order valence-electron chi connectivity index (χ0n) is 12.4. The van der Waals surface area contributed by atoms with Crippen molar-refractivity contribution in [3.05, 3.63) is 0 Å². The Bertz CT molecular complexity index is 244. The maximum Gasteiger partial charge on any atom is 0.305 e. The molecule has 0 N–H and O–H groups in total. The molecule has 3 nitrogen and oxygen atoms in total. The van der Waals surface area contributed by atoms with Gasteiger partial charge < -0.3 is 9.16 Å². The van der Waals surface area contributed by atoms with Gasteiger partial charge >= 0.3 is 5.97 Å². The summed E-state index contributed by atoms with van der Waals surface area (Å²) in [4.78, 5) is 11.0. The minimum Gasteiger partial charge on any atom is -0.469 e. The van der Waals surface area contributed by atoms with E-state index in [4.69, 9.17) is 4.43 Å². The van der Waals surface area contributed by atoms with Gasteiger partial charge in [0.1, 0.15) is 0 Å². The Morgan fingerprint density at radius 2 is 1.82 bits per heavy atom. The molecule has 17 heavy (non-hydrogen) atoms. The van der Waals surface area contributed by atoms with Crippen LogP contribution in [0, 0.1) is 0 Å². The lowest BCUT2D eigenvalue weighted by Crippen LogP contribution is -2.43. The lowest BCUT2D eigenvalue weighted by Gasteiger charge is -2.38. The van der Waals surface area contributed by atoms with E-state index < -0.39 is 8.32 Å². The summed E-state index contributed by atoms with van der Waals surface area (Å²) in [5.74, 6) is -0.135. The molecule has 0 aliphatic carbocycles. The Hall–Kier alpha value is -0.353. The molecule has 0 aromatic carbocycles. The van der Waals surface area contributed by atoms with Gasteiger partial charge in [0.2, 0.25) is 0 Å². The minimum absolute atomic E-state index is 0.135. The molecule has 0 heterocycles. The van der Waals surface area contributed by atoms with Gasteiger partial charge in [-0.1, -0.05) is 20.8 Å². The highest BCUT2D eigenvalue weighted by Crippen LogP contribution is 2.37. The molecule has 0 amide bonds. The van der Waals surface area contributed by atoms with Crippen molar-refractivity contribution in [1.82, 2.24) is 0 Å². The fraction of sp³-hybridized carbons (Fsp3) is 0.923. The zero-order valence-corrected chi connectivity index (χ0v) is 13.4. The summed E-state index contributed by atoms with van der Waals surface area (Å²) in [6.07, 6.45) is 2.46. The maximum absolute atomic E-state index is 11.0. The summed E-state index contributed by atoms with van der Waals surface area (Å²) in [7, 11) is -0.241. The first-order chi connectivity index (χ1) is 7.60. The van der Waals surface area contributed by atoms with Crippen LogP contribution >= 0.6 is 0 Å². The van der Waals surface area contributed by atoms with Gasteiger partial charge in [-0.3, -0.25) is 4.79 Å². The average molecular weight is 260 g/mol. The molecule has 0 aliphatic rings. The first-order valence-electron chi connectivity index (χ1n) is 6.35. The van der Waals surface area contributed by atoms with Crippen LogP contribution in [0.4, 0.5) is 0 Å². The van der Waals surface area contributed by atoms with E-state index in [1.807, 2.05) is 0 Å². The molecule has 0 aromatic heterocycles. The normalized spacial score (nSPS) is 14.5. The van der Waals surface area contributed by atoms with Crippen molar-refractivity contribution in [2.45, 2.75) is 71.2 Å². The van der Waals surface area contributed by atoms with Crippen LogP contribution in [0.1, 0.15) is 47.0 Å². The van der Waals surface area contributed by atoms with E-state index in [1.165, 1.54) is 7.11 Å². The summed E-state index contributed by atoms with van der Waals surface area (Å²) >= 11 is 0. The second-order valence-corrected chi connectivity index (χ2v) is 10.9. The molecule has 0 aromatic rings. The largest absolute Gasteiger partial charge is 0.469 e. The molecule has 0 bridgehead atoms. The highest BCUT2D eigenvalue weighted by Gasteiger charge is 2.38. The van der Waals surface area contributed by atoms with Crippen molar-refractivity contribution >= 4 is 14.3 Å². The molecule has 0 aliphatic heterocycles. The molecule has 0 rings (SSSR count). The number of rotatable bonds is 6. The molecule has 4 heteroatoms. The first kappa shape index (κ1) is 16.6. The quantitative estimate of drug-likeness (QED) is 0.539. The monoisotopic (exact) mass is 260 g/mol. The number of carbonyl (C=O) groups is 1. The molecular formula is C13H28O3Si. The zero-order chi connectivity index (χ0) is 13.7. The van der Waals surface area contributed by atoms with E-state index in [2.05, 4.69) is 45.5 Å². The Labute approximate surface area is 107 Å². The van der Waals surface area contributed by atoms with Crippen molar-refractivity contribution in [3.63, 3.8) is 0 Å². The summed E-state index contributed by atoms with van der Waals surface area (Å²) in [5, 5.41) is 0.240. The lowest BCUT2D eigenvalue weighted by atomic mass is 10.2. The van der Waals surface area contributed by atoms with Gasteiger partial charge in [0.25, 0.3) is 0 Å². The molecule has 0 unspecified atom stereocenters. The van der Waals surface area contributed by atoms with Crippen molar-refractivity contribution in [3.8, 4) is 0 Å². The molecule has 0 saturated carbocycles. The van der Waals surface area contributed by atoms with Crippen LogP contribution in [0.2, 0.25) is 18.1 Å². The van der Waals surface area contributed by atoms with Gasteiger partial charge in [0.15, 0.2) is 8.32 Å². The SMILES string of the molecule is COC(=O)CCC[C@@H](C)O[Si](C)(C)C(C)(C)C. The van der Waals surface area contributed by atoms with Gasteiger partial charge in [-0.15, -0.1) is 0 Å². The fourth-order valence-electron chi connectivity index (χ4n) is 1.37. The highest BCUT2D eigenvalue weighted by molar-refractivity contribution is 6.74. The second kappa shape index (κ2) is 6.54. The molecule has 102 valence electrons. The van der Waals surface area contributed by atoms with Crippen LogP contribution in [-0.2, 0) is 14.0 Å². The Balaban J connectivity index is 4.02. The maximum atomic E-state index is 11.0. The number of carbonyl (C=O) groups excluding carboxylic acids is 1. The van der Waals surface area contributed by atoms with E-state index in [9.17, 15) is 4.79 Å². The van der Waals surface area contributed by atoms with Gasteiger partial charge in [0, 0.05) is 12.5 Å². The smallest absolute Gasteiger partial charge is 0.305 e. The third-order valence-electron chi connectivity index (χ3n) is 3.52. The predicted octanol–water partition coefficient (Wildman–Crippen LogP) is 3.74. The van der Waals surface area contributed by atoms with E-state index >= 15 is 0 Å². The van der Waals surface area contributed by atoms with Crippen LogP contribution in [0.15, 0.2) is 0 Å². The Morgan fingerprint density at radius 1 is 1.29 bits per heavy atom. The van der Waals surface area contributed by atoms with Crippen LogP contribution in [0.5, 0.6) is 0 Å². The van der Waals surface area contributed by atoms with Crippen LogP contribution < -0.4 is 0 Å². The predicted molar refractivity (Wildman–Crippen MR) is 73.6 cm³/mol. The Kier molecular flexibility index (Phi) is 6.41. The first-order valence-corrected chi connectivity index (χ1v) is 9.25. The average Bonchev–Trinajstić information content (AvgIpc) is 2.14. The second-order valence-electron chi connectivity index (χ2n) is 6.16. The van der Waals surface area contributed by atoms with Crippen LogP contribution in [0.25, 0.3) is 0 Å². The summed E-state index contributed by atoms with van der Waals surface area (Å²) in [5.41, 5.74) is 0. The highest BCUT2D eigenvalue weighted by atomic mass is 28.4. The molecule has 0 saturated heterocycles. The van der Waals surface area contributed by atoms with Gasteiger partial charge in [-0.05, 0) is 37.9 Å². The fourth-order valence-corrected chi connectivity index (χ4v) is 2.85. The minimum atomic E-state index is -1.67. The molecule has 0 spiro atoms. The number of ether oxygens (including phenoxy) is 1. The third-order valence-corrected chi connectivity index (χ3v) is 8.13. The number of esters is 1. The summed E-state index contributed by atoms with van der Waals surface area (Å²) < 4.78 is 10.8. The summed E-state index contributed by atoms with van der Waals surface area (Å²) in [6.45, 7) is 13.3. The van der Waals surface area contributed by atoms with Crippen molar-refractivity contribution < 1.29 is 14.0 Å². The van der Waals surface area contributed by atoms with Gasteiger partial charge in [0.05, 0.1) is 7.11 Å². The lowest BCUT2D eigenvalue weighted by molar-refractivity contribution is -0.140. The summed E-state index contributed by atoms with van der Waals surface area (Å²) in [6, 6.07) is 0. The van der Waals surface area contributed by atoms with E-state index in [0.29, 0.717) is 6.42 Å². The van der Waals surface area contributed by atoms with Crippen molar-refractivity contribution in [2.75, 3.05) is 7.11 Å². The van der Waals surface area contributed by atoms with Crippen LogP contribution in [-0.4, -0.2) is 27.5 Å². The van der Waals surface area contributed by atoms with E-state index in [-0.39, 0.29) is 17.1 Å². The third kappa shape index (κ3) is 6.22.